The largest absolute Gasteiger partial charge is 0.477 e. The lowest BCUT2D eigenvalue weighted by Crippen LogP contribution is -2.35. The highest BCUT2D eigenvalue weighted by atomic mass is 16.5. The number of hydrogen-bond donors (Lipinski definition) is 1. The maximum Gasteiger partial charge on any atom is 0.241 e. The Morgan fingerprint density at radius 2 is 2.23 bits per heavy atom. The SMILES string of the molecule is CCOc1ncccc1-c1noc(CN2CCC(O)CC2)n1. The van der Waals surface area contributed by atoms with Crippen LogP contribution in [0.2, 0.25) is 0 Å². The fourth-order valence-corrected chi connectivity index (χ4v) is 2.51. The molecule has 0 bridgehead atoms. The Hall–Kier alpha value is -1.99. The monoisotopic (exact) mass is 304 g/mol. The molecular formula is C15H20N4O3. The van der Waals surface area contributed by atoms with Crippen molar-refractivity contribution >= 4 is 0 Å². The van der Waals surface area contributed by atoms with Crippen molar-refractivity contribution < 1.29 is 14.4 Å². The van der Waals surface area contributed by atoms with Crippen molar-refractivity contribution in [3.63, 3.8) is 0 Å². The minimum absolute atomic E-state index is 0.182. The van der Waals surface area contributed by atoms with Crippen LogP contribution in [-0.4, -0.2) is 50.9 Å². The zero-order valence-electron chi connectivity index (χ0n) is 12.6. The molecular weight excluding hydrogens is 284 g/mol. The van der Waals surface area contributed by atoms with Gasteiger partial charge in [0.1, 0.15) is 0 Å². The summed E-state index contributed by atoms with van der Waals surface area (Å²) >= 11 is 0. The van der Waals surface area contributed by atoms with E-state index in [9.17, 15) is 5.11 Å². The normalized spacial score (nSPS) is 16.8. The molecule has 7 heteroatoms. The molecule has 22 heavy (non-hydrogen) atoms. The van der Waals surface area contributed by atoms with Crippen LogP contribution >= 0.6 is 0 Å². The summed E-state index contributed by atoms with van der Waals surface area (Å²) in [7, 11) is 0. The van der Waals surface area contributed by atoms with Gasteiger partial charge in [-0.3, -0.25) is 4.90 Å². The fraction of sp³-hybridized carbons (Fsp3) is 0.533. The van der Waals surface area contributed by atoms with Crippen LogP contribution in [0, 0.1) is 0 Å². The molecule has 7 nitrogen and oxygen atoms in total. The summed E-state index contributed by atoms with van der Waals surface area (Å²) in [6.45, 7) is 4.73. The summed E-state index contributed by atoms with van der Waals surface area (Å²) in [6.07, 6.45) is 3.07. The van der Waals surface area contributed by atoms with Gasteiger partial charge in [0.2, 0.25) is 17.6 Å². The predicted molar refractivity (Wildman–Crippen MR) is 79.2 cm³/mol. The number of rotatable bonds is 5. The van der Waals surface area contributed by atoms with Gasteiger partial charge >= 0.3 is 0 Å². The van der Waals surface area contributed by atoms with E-state index >= 15 is 0 Å². The summed E-state index contributed by atoms with van der Waals surface area (Å²) in [5.74, 6) is 1.57. The number of aliphatic hydroxyl groups excluding tert-OH is 1. The summed E-state index contributed by atoms with van der Waals surface area (Å²) in [5.41, 5.74) is 0.730. The first-order chi connectivity index (χ1) is 10.8. The Morgan fingerprint density at radius 1 is 1.41 bits per heavy atom. The minimum Gasteiger partial charge on any atom is -0.477 e. The Balaban J connectivity index is 1.71. The average Bonchev–Trinajstić information content (AvgIpc) is 2.99. The smallest absolute Gasteiger partial charge is 0.241 e. The van der Waals surface area contributed by atoms with E-state index in [0.717, 1.165) is 31.5 Å². The number of ether oxygens (including phenoxy) is 1. The molecule has 0 amide bonds. The Morgan fingerprint density at radius 3 is 3.00 bits per heavy atom. The lowest BCUT2D eigenvalue weighted by Gasteiger charge is -2.27. The van der Waals surface area contributed by atoms with Crippen LogP contribution in [0.1, 0.15) is 25.7 Å². The van der Waals surface area contributed by atoms with Crippen molar-refractivity contribution in [3.8, 4) is 17.3 Å². The van der Waals surface area contributed by atoms with Crippen molar-refractivity contribution in [1.29, 1.82) is 0 Å². The number of nitrogens with zero attached hydrogens (tertiary/aromatic N) is 4. The topological polar surface area (TPSA) is 84.5 Å². The van der Waals surface area contributed by atoms with Crippen LogP contribution in [0.5, 0.6) is 5.88 Å². The second kappa shape index (κ2) is 6.85. The Bertz CT molecular complexity index is 608. The Labute approximate surface area is 128 Å². The third-order valence-corrected chi connectivity index (χ3v) is 3.68. The van der Waals surface area contributed by atoms with Crippen LogP contribution in [0.15, 0.2) is 22.9 Å². The molecule has 1 N–H and O–H groups in total. The Kier molecular flexibility index (Phi) is 4.65. The summed E-state index contributed by atoms with van der Waals surface area (Å²) in [4.78, 5) is 10.8. The molecule has 0 radical (unpaired) electrons. The molecule has 3 rings (SSSR count). The van der Waals surface area contributed by atoms with E-state index in [1.165, 1.54) is 0 Å². The molecule has 0 aliphatic carbocycles. The average molecular weight is 304 g/mol. The highest BCUT2D eigenvalue weighted by Gasteiger charge is 2.20. The van der Waals surface area contributed by atoms with Crippen LogP contribution in [0.4, 0.5) is 0 Å². The first kappa shape index (κ1) is 14.9. The minimum atomic E-state index is -0.182. The third-order valence-electron chi connectivity index (χ3n) is 3.68. The number of pyridine rings is 1. The maximum absolute atomic E-state index is 9.53. The van der Waals surface area contributed by atoms with Crippen LogP contribution in [0.3, 0.4) is 0 Å². The summed E-state index contributed by atoms with van der Waals surface area (Å²) < 4.78 is 10.8. The van der Waals surface area contributed by atoms with Gasteiger partial charge in [-0.25, -0.2) is 4.98 Å². The molecule has 0 aromatic carbocycles. The molecule has 0 spiro atoms. The van der Waals surface area contributed by atoms with E-state index in [1.54, 1.807) is 6.20 Å². The van der Waals surface area contributed by atoms with Gasteiger partial charge in [0.25, 0.3) is 0 Å². The van der Waals surface area contributed by atoms with E-state index in [0.29, 0.717) is 30.7 Å². The number of aliphatic hydroxyl groups is 1. The van der Waals surface area contributed by atoms with Crippen LogP contribution in [-0.2, 0) is 6.54 Å². The van der Waals surface area contributed by atoms with E-state index in [4.69, 9.17) is 9.26 Å². The second-order valence-corrected chi connectivity index (χ2v) is 5.31. The van der Waals surface area contributed by atoms with Gasteiger partial charge < -0.3 is 14.4 Å². The van der Waals surface area contributed by atoms with Gasteiger partial charge in [-0.1, -0.05) is 5.16 Å². The summed E-state index contributed by atoms with van der Waals surface area (Å²) in [5, 5.41) is 13.6. The number of likely N-dealkylation sites (tertiary alicyclic amines) is 1. The third kappa shape index (κ3) is 3.42. The molecule has 1 aliphatic heterocycles. The van der Waals surface area contributed by atoms with Gasteiger partial charge in [0.15, 0.2) is 0 Å². The zero-order chi connectivity index (χ0) is 15.4. The first-order valence-electron chi connectivity index (χ1n) is 7.57. The van der Waals surface area contributed by atoms with Gasteiger partial charge in [-0.15, -0.1) is 0 Å². The highest BCUT2D eigenvalue weighted by Crippen LogP contribution is 2.25. The van der Waals surface area contributed by atoms with Crippen molar-refractivity contribution in [2.75, 3.05) is 19.7 Å². The van der Waals surface area contributed by atoms with Crippen molar-refractivity contribution in [1.82, 2.24) is 20.0 Å². The molecule has 0 saturated carbocycles. The maximum atomic E-state index is 9.53. The van der Waals surface area contributed by atoms with Gasteiger partial charge in [0.05, 0.1) is 24.8 Å². The molecule has 0 atom stereocenters. The molecule has 1 aliphatic rings. The quantitative estimate of drug-likeness (QED) is 0.895. The summed E-state index contributed by atoms with van der Waals surface area (Å²) in [6, 6.07) is 3.68. The highest BCUT2D eigenvalue weighted by molar-refractivity contribution is 5.60. The molecule has 2 aromatic heterocycles. The standard InChI is InChI=1S/C15H20N4O3/c1-2-21-15-12(4-3-7-16-15)14-17-13(22-18-14)10-19-8-5-11(20)6-9-19/h3-4,7,11,20H,2,5-6,8-10H2,1H3. The van der Waals surface area contributed by atoms with Gasteiger partial charge in [-0.05, 0) is 31.9 Å². The van der Waals surface area contributed by atoms with Crippen molar-refractivity contribution in [2.45, 2.75) is 32.4 Å². The zero-order valence-corrected chi connectivity index (χ0v) is 12.6. The number of hydrogen-bond acceptors (Lipinski definition) is 7. The number of piperidine rings is 1. The van der Waals surface area contributed by atoms with Crippen LogP contribution < -0.4 is 4.74 Å². The van der Waals surface area contributed by atoms with Gasteiger partial charge in [-0.2, -0.15) is 4.98 Å². The fourth-order valence-electron chi connectivity index (χ4n) is 2.51. The molecule has 118 valence electrons. The molecule has 1 fully saturated rings. The van der Waals surface area contributed by atoms with Gasteiger partial charge in [0, 0.05) is 19.3 Å². The van der Waals surface area contributed by atoms with E-state index in [1.807, 2.05) is 19.1 Å². The van der Waals surface area contributed by atoms with E-state index in [-0.39, 0.29) is 6.10 Å². The lowest BCUT2D eigenvalue weighted by molar-refractivity contribution is 0.0740. The molecule has 1 saturated heterocycles. The molecule has 0 unspecified atom stereocenters. The first-order valence-corrected chi connectivity index (χ1v) is 7.57. The number of aromatic nitrogens is 3. The predicted octanol–water partition coefficient (Wildman–Crippen LogP) is 1.49. The van der Waals surface area contributed by atoms with Crippen molar-refractivity contribution in [3.05, 3.63) is 24.2 Å². The van der Waals surface area contributed by atoms with E-state index in [2.05, 4.69) is 20.0 Å². The van der Waals surface area contributed by atoms with Crippen molar-refractivity contribution in [2.24, 2.45) is 0 Å². The second-order valence-electron chi connectivity index (χ2n) is 5.31. The molecule has 2 aromatic rings. The molecule has 3 heterocycles. The van der Waals surface area contributed by atoms with E-state index < -0.39 is 0 Å². The lowest BCUT2D eigenvalue weighted by atomic mass is 10.1. The van der Waals surface area contributed by atoms with Crippen LogP contribution in [0.25, 0.3) is 11.4 Å².